The number of likely N-dealkylation sites (tertiary alicyclic amines) is 1. The number of hydrogen-bond donors (Lipinski definition) is 1. The molecule has 2 N–H and O–H groups in total. The Morgan fingerprint density at radius 3 is 2.52 bits per heavy atom. The third-order valence-corrected chi connectivity index (χ3v) is 4.08. The second-order valence-corrected chi connectivity index (χ2v) is 5.75. The molecule has 124 valence electrons. The summed E-state index contributed by atoms with van der Waals surface area (Å²) in [6.45, 7) is 3.29. The van der Waals surface area contributed by atoms with E-state index in [1.807, 2.05) is 36.1 Å². The number of nitrogens with zero attached hydrogens (tertiary/aromatic N) is 3. The number of nitrogens with two attached hydrogens (primary N) is 1. The van der Waals surface area contributed by atoms with Crippen molar-refractivity contribution in [3.63, 3.8) is 0 Å². The lowest BCUT2D eigenvalue weighted by atomic mass is 9.96. The molecule has 7 heteroatoms. The van der Waals surface area contributed by atoms with E-state index in [9.17, 15) is 4.79 Å². The molecule has 6 nitrogen and oxygen atoms in total. The molecule has 1 amide bonds. The maximum atomic E-state index is 12.3. The van der Waals surface area contributed by atoms with E-state index in [0.29, 0.717) is 23.8 Å². The third-order valence-electron chi connectivity index (χ3n) is 4.08. The van der Waals surface area contributed by atoms with Crippen molar-refractivity contribution in [1.82, 2.24) is 15.0 Å². The first kappa shape index (κ1) is 17.3. The van der Waals surface area contributed by atoms with Crippen molar-refractivity contribution in [1.29, 1.82) is 0 Å². The lowest BCUT2D eigenvalue weighted by molar-refractivity contribution is -0.131. The number of nitrogen functional groups attached to an aromatic ring is 1. The number of piperidine rings is 1. The second-order valence-electron chi connectivity index (χ2n) is 5.75. The molecule has 0 atom stereocenters. The molecule has 0 aliphatic carbocycles. The van der Waals surface area contributed by atoms with E-state index in [0.717, 1.165) is 31.5 Å². The van der Waals surface area contributed by atoms with Crippen LogP contribution >= 0.6 is 12.4 Å². The molecule has 3 rings (SSSR count). The van der Waals surface area contributed by atoms with Crippen LogP contribution in [0.15, 0.2) is 28.8 Å². The van der Waals surface area contributed by atoms with Crippen LogP contribution in [0.3, 0.4) is 0 Å². The average molecular weight is 337 g/mol. The van der Waals surface area contributed by atoms with Gasteiger partial charge in [-0.15, -0.1) is 12.4 Å². The normalized spacial score (nSPS) is 15.3. The summed E-state index contributed by atoms with van der Waals surface area (Å²) in [6.07, 6.45) is 2.16. The summed E-state index contributed by atoms with van der Waals surface area (Å²) >= 11 is 0. The van der Waals surface area contributed by atoms with Gasteiger partial charge in [0, 0.05) is 24.7 Å². The highest BCUT2D eigenvalue weighted by Gasteiger charge is 2.27. The Bertz CT molecular complexity index is 648. The first-order valence-electron chi connectivity index (χ1n) is 7.54. The molecule has 1 aliphatic heterocycles. The summed E-state index contributed by atoms with van der Waals surface area (Å²) in [5.74, 6) is 1.78. The van der Waals surface area contributed by atoms with E-state index >= 15 is 0 Å². The number of halogens is 1. The molecule has 0 saturated carbocycles. The molecule has 0 unspecified atom stereocenters. The topological polar surface area (TPSA) is 85.2 Å². The van der Waals surface area contributed by atoms with E-state index in [4.69, 9.17) is 10.3 Å². The van der Waals surface area contributed by atoms with E-state index < -0.39 is 0 Å². The van der Waals surface area contributed by atoms with E-state index in [1.54, 1.807) is 0 Å². The molecule has 1 saturated heterocycles. The van der Waals surface area contributed by atoms with Gasteiger partial charge < -0.3 is 15.2 Å². The molecule has 2 aromatic rings. The van der Waals surface area contributed by atoms with Crippen LogP contribution in [0.5, 0.6) is 0 Å². The molecule has 0 bridgehead atoms. The van der Waals surface area contributed by atoms with Crippen molar-refractivity contribution < 1.29 is 9.32 Å². The first-order valence-corrected chi connectivity index (χ1v) is 7.54. The maximum Gasteiger partial charge on any atom is 0.229 e. The molecule has 1 aromatic heterocycles. The van der Waals surface area contributed by atoms with Gasteiger partial charge in [-0.3, -0.25) is 4.79 Å². The number of aromatic nitrogens is 2. The minimum Gasteiger partial charge on any atom is -0.399 e. The van der Waals surface area contributed by atoms with Gasteiger partial charge in [0.2, 0.25) is 11.8 Å². The predicted octanol–water partition coefficient (Wildman–Crippen LogP) is 2.33. The molecule has 1 aliphatic rings. The highest BCUT2D eigenvalue weighted by atomic mass is 35.5. The van der Waals surface area contributed by atoms with Crippen molar-refractivity contribution in [2.75, 3.05) is 18.8 Å². The number of aryl methyl sites for hydroxylation is 1. The van der Waals surface area contributed by atoms with Crippen molar-refractivity contribution in [2.45, 2.75) is 32.1 Å². The predicted molar refractivity (Wildman–Crippen MR) is 89.4 cm³/mol. The molecule has 2 heterocycles. The van der Waals surface area contributed by atoms with Crippen molar-refractivity contribution in [3.8, 4) is 0 Å². The molecular weight excluding hydrogens is 316 g/mol. The van der Waals surface area contributed by atoms with Crippen LogP contribution in [-0.4, -0.2) is 34.0 Å². The highest BCUT2D eigenvalue weighted by Crippen LogP contribution is 2.27. The van der Waals surface area contributed by atoms with Crippen LogP contribution < -0.4 is 5.73 Å². The van der Waals surface area contributed by atoms with Crippen LogP contribution in [0.2, 0.25) is 0 Å². The van der Waals surface area contributed by atoms with Gasteiger partial charge in [-0.25, -0.2) is 0 Å². The number of rotatable bonds is 3. The first-order chi connectivity index (χ1) is 10.6. The summed E-state index contributed by atoms with van der Waals surface area (Å²) in [4.78, 5) is 18.5. The lowest BCUT2D eigenvalue weighted by Gasteiger charge is -2.30. The average Bonchev–Trinajstić information content (AvgIpc) is 2.96. The fourth-order valence-electron chi connectivity index (χ4n) is 2.78. The second kappa shape index (κ2) is 7.46. The highest BCUT2D eigenvalue weighted by molar-refractivity contribution is 5.85. The molecule has 1 aromatic carbocycles. The zero-order valence-corrected chi connectivity index (χ0v) is 13.9. The number of hydrogen-bond acceptors (Lipinski definition) is 5. The fourth-order valence-corrected chi connectivity index (χ4v) is 2.78. The van der Waals surface area contributed by atoms with Crippen LogP contribution in [0.1, 0.15) is 36.0 Å². The summed E-state index contributed by atoms with van der Waals surface area (Å²) in [7, 11) is 0. The molecule has 1 fully saturated rings. The largest absolute Gasteiger partial charge is 0.399 e. The zero-order valence-electron chi connectivity index (χ0n) is 13.1. The van der Waals surface area contributed by atoms with Gasteiger partial charge in [0.05, 0.1) is 6.42 Å². The smallest absolute Gasteiger partial charge is 0.229 e. The minimum atomic E-state index is 0. The summed E-state index contributed by atoms with van der Waals surface area (Å²) in [6, 6.07) is 7.46. The van der Waals surface area contributed by atoms with Crippen molar-refractivity contribution in [3.05, 3.63) is 41.5 Å². The SMILES string of the molecule is Cc1noc(C2CCN(C(=O)Cc3ccc(N)cc3)CC2)n1.Cl. The van der Waals surface area contributed by atoms with Gasteiger partial charge in [-0.2, -0.15) is 4.98 Å². The summed E-state index contributed by atoms with van der Waals surface area (Å²) in [5, 5.41) is 3.83. The zero-order chi connectivity index (χ0) is 15.5. The minimum absolute atomic E-state index is 0. The molecule has 23 heavy (non-hydrogen) atoms. The summed E-state index contributed by atoms with van der Waals surface area (Å²) in [5.41, 5.74) is 7.37. The Hall–Kier alpha value is -2.08. The van der Waals surface area contributed by atoms with Crippen LogP contribution in [-0.2, 0) is 11.2 Å². The molecule has 0 spiro atoms. The Balaban J connectivity index is 0.00000192. The number of benzene rings is 1. The number of anilines is 1. The number of carbonyl (C=O) groups is 1. The third kappa shape index (κ3) is 4.22. The Kier molecular flexibility index (Phi) is 5.60. The van der Waals surface area contributed by atoms with Gasteiger partial charge in [-0.1, -0.05) is 17.3 Å². The number of amides is 1. The van der Waals surface area contributed by atoms with Crippen LogP contribution in [0.4, 0.5) is 5.69 Å². The molecular formula is C16H21ClN4O2. The van der Waals surface area contributed by atoms with Crippen LogP contribution in [0.25, 0.3) is 0 Å². The van der Waals surface area contributed by atoms with Gasteiger partial charge in [0.1, 0.15) is 0 Å². The molecule has 0 radical (unpaired) electrons. The Morgan fingerprint density at radius 1 is 1.30 bits per heavy atom. The number of carbonyl (C=O) groups excluding carboxylic acids is 1. The Labute approximate surface area is 141 Å². The maximum absolute atomic E-state index is 12.3. The van der Waals surface area contributed by atoms with Gasteiger partial charge in [0.15, 0.2) is 5.82 Å². The van der Waals surface area contributed by atoms with Crippen LogP contribution in [0, 0.1) is 6.92 Å². The van der Waals surface area contributed by atoms with Gasteiger partial charge >= 0.3 is 0 Å². The monoisotopic (exact) mass is 336 g/mol. The van der Waals surface area contributed by atoms with E-state index in [1.165, 1.54) is 0 Å². The van der Waals surface area contributed by atoms with Gasteiger partial charge in [0.25, 0.3) is 0 Å². The van der Waals surface area contributed by atoms with Crippen molar-refractivity contribution >= 4 is 24.0 Å². The van der Waals surface area contributed by atoms with Gasteiger partial charge in [-0.05, 0) is 37.5 Å². The quantitative estimate of drug-likeness (QED) is 0.869. The fraction of sp³-hybridized carbons (Fsp3) is 0.438. The summed E-state index contributed by atoms with van der Waals surface area (Å²) < 4.78 is 5.23. The standard InChI is InChI=1S/C16H20N4O2.ClH/c1-11-18-16(22-19-11)13-6-8-20(9-7-13)15(21)10-12-2-4-14(17)5-3-12;/h2-5,13H,6-10,17H2,1H3;1H. The van der Waals surface area contributed by atoms with E-state index in [-0.39, 0.29) is 24.2 Å². The lowest BCUT2D eigenvalue weighted by Crippen LogP contribution is -2.38. The Morgan fingerprint density at radius 2 is 1.96 bits per heavy atom. The van der Waals surface area contributed by atoms with E-state index in [2.05, 4.69) is 10.1 Å². The van der Waals surface area contributed by atoms with Crippen molar-refractivity contribution in [2.24, 2.45) is 0 Å².